The lowest BCUT2D eigenvalue weighted by Gasteiger charge is -2.59. The Bertz CT molecular complexity index is 618. The van der Waals surface area contributed by atoms with Crippen LogP contribution in [-0.4, -0.2) is 45.8 Å². The fourth-order valence-electron chi connectivity index (χ4n) is 4.34. The molecule has 1 aliphatic carbocycles. The third-order valence-electron chi connectivity index (χ3n) is 5.35. The fourth-order valence-corrected chi connectivity index (χ4v) is 4.34. The number of hydrogen-bond acceptors (Lipinski definition) is 5. The van der Waals surface area contributed by atoms with Crippen molar-refractivity contribution in [1.29, 1.82) is 5.26 Å². The van der Waals surface area contributed by atoms with Gasteiger partial charge < -0.3 is 15.0 Å². The highest BCUT2D eigenvalue weighted by atomic mass is 16.6. The highest BCUT2D eigenvalue weighted by Crippen LogP contribution is 2.54. The van der Waals surface area contributed by atoms with Gasteiger partial charge in [0.2, 0.25) is 5.91 Å². The molecule has 4 atom stereocenters. The van der Waals surface area contributed by atoms with Gasteiger partial charge in [0.15, 0.2) is 0 Å². The number of carbonyl (C=O) groups excluding carboxylic acids is 2. The van der Waals surface area contributed by atoms with Crippen molar-refractivity contribution in [2.24, 2.45) is 5.92 Å². The van der Waals surface area contributed by atoms with Crippen molar-refractivity contribution in [1.82, 2.24) is 15.5 Å². The molecule has 2 N–H and O–H groups in total. The number of carbonyl (C=O) groups is 2. The smallest absolute Gasteiger partial charge is 0.408 e. The van der Waals surface area contributed by atoms with Crippen LogP contribution in [0.1, 0.15) is 53.9 Å². The second-order valence-electron chi connectivity index (χ2n) is 8.67. The molecular formula is C17H26N4O3. The molecule has 132 valence electrons. The van der Waals surface area contributed by atoms with Gasteiger partial charge in [-0.05, 0) is 59.8 Å². The fraction of sp³-hybridized carbons (Fsp3) is 0.824. The summed E-state index contributed by atoms with van der Waals surface area (Å²) in [7, 11) is 0. The molecule has 24 heavy (non-hydrogen) atoms. The quantitative estimate of drug-likeness (QED) is 0.758. The molecular weight excluding hydrogens is 308 g/mol. The molecule has 2 amide bonds. The Kier molecular flexibility index (Phi) is 3.61. The number of alkyl carbamates (subject to hydrolysis) is 1. The minimum atomic E-state index is -0.770. The van der Waals surface area contributed by atoms with Gasteiger partial charge in [0.05, 0.1) is 11.7 Å². The Morgan fingerprint density at radius 1 is 1.46 bits per heavy atom. The maximum Gasteiger partial charge on any atom is 0.408 e. The van der Waals surface area contributed by atoms with Gasteiger partial charge in [-0.1, -0.05) is 0 Å². The van der Waals surface area contributed by atoms with Crippen LogP contribution in [0.2, 0.25) is 0 Å². The van der Waals surface area contributed by atoms with Gasteiger partial charge in [0.1, 0.15) is 17.7 Å². The SMILES string of the molecule is CC(C)(C)OC(=O)NC1C(=O)N2C(C#N)C[C@@H]3CC[C@@]32NC1(C)C. The molecule has 1 spiro atoms. The number of amides is 2. The molecule has 3 aliphatic rings. The lowest BCUT2D eigenvalue weighted by molar-refractivity contribution is -0.161. The molecule has 2 saturated heterocycles. The van der Waals surface area contributed by atoms with E-state index in [-0.39, 0.29) is 5.91 Å². The van der Waals surface area contributed by atoms with Gasteiger partial charge in [-0.15, -0.1) is 0 Å². The molecule has 0 aromatic heterocycles. The average molecular weight is 334 g/mol. The molecule has 3 fully saturated rings. The van der Waals surface area contributed by atoms with Crippen LogP contribution in [0.5, 0.6) is 0 Å². The minimum Gasteiger partial charge on any atom is -0.444 e. The van der Waals surface area contributed by atoms with Gasteiger partial charge in [-0.2, -0.15) is 5.26 Å². The van der Waals surface area contributed by atoms with Crippen LogP contribution in [0.25, 0.3) is 0 Å². The summed E-state index contributed by atoms with van der Waals surface area (Å²) in [5.41, 5.74) is -1.68. The van der Waals surface area contributed by atoms with Crippen molar-refractivity contribution in [3.8, 4) is 6.07 Å². The van der Waals surface area contributed by atoms with Gasteiger partial charge in [0.25, 0.3) is 0 Å². The molecule has 0 bridgehead atoms. The van der Waals surface area contributed by atoms with Crippen molar-refractivity contribution in [2.45, 2.75) is 82.8 Å². The third-order valence-corrected chi connectivity index (χ3v) is 5.35. The van der Waals surface area contributed by atoms with Gasteiger partial charge in [-0.25, -0.2) is 4.79 Å². The second kappa shape index (κ2) is 5.09. The van der Waals surface area contributed by atoms with Crippen LogP contribution in [0.4, 0.5) is 4.79 Å². The maximum atomic E-state index is 13.1. The van der Waals surface area contributed by atoms with Crippen molar-refractivity contribution in [3.63, 3.8) is 0 Å². The summed E-state index contributed by atoms with van der Waals surface area (Å²) in [5, 5.41) is 15.7. The van der Waals surface area contributed by atoms with E-state index in [2.05, 4.69) is 16.7 Å². The first-order chi connectivity index (χ1) is 11.0. The summed E-state index contributed by atoms with van der Waals surface area (Å²) < 4.78 is 5.29. The molecule has 2 heterocycles. The van der Waals surface area contributed by atoms with Crippen LogP contribution in [0.3, 0.4) is 0 Å². The van der Waals surface area contributed by atoms with Crippen LogP contribution in [-0.2, 0) is 9.53 Å². The van der Waals surface area contributed by atoms with E-state index in [1.54, 1.807) is 25.7 Å². The van der Waals surface area contributed by atoms with Gasteiger partial charge >= 0.3 is 6.09 Å². The Hall–Kier alpha value is -1.81. The Morgan fingerprint density at radius 3 is 2.62 bits per heavy atom. The zero-order valence-electron chi connectivity index (χ0n) is 15.0. The molecule has 7 heteroatoms. The summed E-state index contributed by atoms with van der Waals surface area (Å²) >= 11 is 0. The zero-order chi connectivity index (χ0) is 17.9. The number of ether oxygens (including phenoxy) is 1. The normalized spacial score (nSPS) is 36.9. The summed E-state index contributed by atoms with van der Waals surface area (Å²) in [5.74, 6) is 0.117. The molecule has 0 aromatic carbocycles. The monoisotopic (exact) mass is 334 g/mol. The summed E-state index contributed by atoms with van der Waals surface area (Å²) in [6, 6.07) is 1.05. The van der Waals surface area contributed by atoms with Crippen molar-refractivity contribution < 1.29 is 14.3 Å². The first-order valence-corrected chi connectivity index (χ1v) is 8.52. The van der Waals surface area contributed by atoms with Crippen LogP contribution in [0, 0.1) is 17.2 Å². The summed E-state index contributed by atoms with van der Waals surface area (Å²) in [6.45, 7) is 9.15. The van der Waals surface area contributed by atoms with E-state index in [0.29, 0.717) is 12.3 Å². The summed E-state index contributed by atoms with van der Waals surface area (Å²) in [6.07, 6.45) is 1.95. The van der Waals surface area contributed by atoms with E-state index in [9.17, 15) is 14.9 Å². The van der Waals surface area contributed by atoms with Gasteiger partial charge in [-0.3, -0.25) is 10.1 Å². The number of rotatable bonds is 1. The number of nitrogens with one attached hydrogen (secondary N) is 2. The Balaban J connectivity index is 1.85. The lowest BCUT2D eigenvalue weighted by Crippen LogP contribution is -2.81. The molecule has 0 radical (unpaired) electrons. The number of nitriles is 1. The van der Waals surface area contributed by atoms with E-state index < -0.39 is 35.0 Å². The second-order valence-corrected chi connectivity index (χ2v) is 8.67. The van der Waals surface area contributed by atoms with E-state index in [4.69, 9.17) is 4.74 Å². The highest BCUT2D eigenvalue weighted by molar-refractivity contribution is 5.89. The predicted molar refractivity (Wildman–Crippen MR) is 86.7 cm³/mol. The third kappa shape index (κ3) is 2.44. The Morgan fingerprint density at radius 2 is 2.12 bits per heavy atom. The molecule has 1 saturated carbocycles. The van der Waals surface area contributed by atoms with E-state index in [0.717, 1.165) is 12.8 Å². The standard InChI is InChI=1S/C17H26N4O3/c1-15(2,3)24-14(23)19-12-13(22)21-11(9-18)8-10-6-7-17(10,21)20-16(12,4)5/h10-12,20H,6-8H2,1-5H3,(H,19,23)/t10-,11?,12?,17-/m0/s1. The van der Waals surface area contributed by atoms with Crippen molar-refractivity contribution in [3.05, 3.63) is 0 Å². The zero-order valence-corrected chi connectivity index (χ0v) is 15.0. The topological polar surface area (TPSA) is 94.5 Å². The Labute approximate surface area is 142 Å². The average Bonchev–Trinajstić information content (AvgIpc) is 2.62. The minimum absolute atomic E-state index is 0.196. The predicted octanol–water partition coefficient (Wildman–Crippen LogP) is 1.49. The van der Waals surface area contributed by atoms with Gasteiger partial charge in [0, 0.05) is 5.54 Å². The first-order valence-electron chi connectivity index (χ1n) is 8.52. The van der Waals surface area contributed by atoms with E-state index in [1.165, 1.54) is 0 Å². The molecule has 0 aromatic rings. The van der Waals surface area contributed by atoms with Crippen LogP contribution < -0.4 is 10.6 Å². The largest absolute Gasteiger partial charge is 0.444 e. The number of nitrogens with zero attached hydrogens (tertiary/aromatic N) is 2. The number of hydrogen-bond donors (Lipinski definition) is 2. The van der Waals surface area contributed by atoms with Crippen molar-refractivity contribution in [2.75, 3.05) is 0 Å². The maximum absolute atomic E-state index is 13.1. The highest BCUT2D eigenvalue weighted by Gasteiger charge is 2.67. The van der Waals surface area contributed by atoms with Crippen LogP contribution >= 0.6 is 0 Å². The first kappa shape index (κ1) is 17.0. The van der Waals surface area contributed by atoms with E-state index in [1.807, 2.05) is 13.8 Å². The van der Waals surface area contributed by atoms with Crippen molar-refractivity contribution >= 4 is 12.0 Å². The van der Waals surface area contributed by atoms with E-state index >= 15 is 0 Å². The molecule has 2 unspecified atom stereocenters. The molecule has 2 aliphatic heterocycles. The lowest BCUT2D eigenvalue weighted by atomic mass is 9.70. The van der Waals surface area contributed by atoms with Crippen LogP contribution in [0.15, 0.2) is 0 Å². The molecule has 7 nitrogen and oxygen atoms in total. The summed E-state index contributed by atoms with van der Waals surface area (Å²) in [4.78, 5) is 27.0. The molecule has 3 rings (SSSR count).